The van der Waals surface area contributed by atoms with Crippen LogP contribution in [0.15, 0.2) is 12.2 Å². The Bertz CT molecular complexity index is 296. The Labute approximate surface area is 103 Å². The molecule has 0 atom stereocenters. The van der Waals surface area contributed by atoms with E-state index in [1.165, 1.54) is 0 Å². The summed E-state index contributed by atoms with van der Waals surface area (Å²) in [6, 6.07) is 0. The number of aliphatic hydroxyl groups is 1. The largest absolute Gasteiger partial charge is 0.444 e. The lowest BCUT2D eigenvalue weighted by molar-refractivity contribution is -0.00859. The first-order valence-corrected chi connectivity index (χ1v) is 6.10. The maximum absolute atomic E-state index is 11.8. The van der Waals surface area contributed by atoms with Crippen LogP contribution < -0.4 is 0 Å². The zero-order valence-electron chi connectivity index (χ0n) is 11.2. The fourth-order valence-electron chi connectivity index (χ4n) is 1.88. The molecule has 17 heavy (non-hydrogen) atoms. The average Bonchev–Trinajstić information content (AvgIpc) is 2.15. The summed E-state index contributed by atoms with van der Waals surface area (Å²) in [6.45, 7) is 8.52. The Balaban J connectivity index is 2.50. The third-order valence-corrected chi connectivity index (χ3v) is 2.76. The van der Waals surface area contributed by atoms with Gasteiger partial charge in [0.1, 0.15) is 5.60 Å². The summed E-state index contributed by atoms with van der Waals surface area (Å²) < 4.78 is 5.29. The number of piperidine rings is 1. The molecule has 0 aromatic heterocycles. The molecule has 0 radical (unpaired) electrons. The van der Waals surface area contributed by atoms with Gasteiger partial charge in [-0.1, -0.05) is 12.2 Å². The van der Waals surface area contributed by atoms with Crippen molar-refractivity contribution in [2.45, 2.75) is 51.7 Å². The number of carbonyl (C=O) groups excluding carboxylic acids is 1. The highest BCUT2D eigenvalue weighted by Gasteiger charge is 2.33. The molecule has 1 heterocycles. The van der Waals surface area contributed by atoms with E-state index in [2.05, 4.69) is 0 Å². The second-order valence-corrected chi connectivity index (χ2v) is 5.57. The number of amides is 1. The highest BCUT2D eigenvalue weighted by atomic mass is 16.6. The van der Waals surface area contributed by atoms with E-state index >= 15 is 0 Å². The normalized spacial score (nSPS) is 20.6. The molecular formula is C13H23NO3. The third-order valence-electron chi connectivity index (χ3n) is 2.76. The highest BCUT2D eigenvalue weighted by Crippen LogP contribution is 2.24. The van der Waals surface area contributed by atoms with Crippen LogP contribution >= 0.6 is 0 Å². The van der Waals surface area contributed by atoms with Crippen LogP contribution in [0.1, 0.15) is 40.5 Å². The molecule has 0 aromatic carbocycles. The van der Waals surface area contributed by atoms with E-state index in [0.29, 0.717) is 25.9 Å². The van der Waals surface area contributed by atoms with E-state index in [9.17, 15) is 9.90 Å². The first-order valence-electron chi connectivity index (χ1n) is 6.10. The second kappa shape index (κ2) is 5.08. The van der Waals surface area contributed by atoms with E-state index in [0.717, 1.165) is 0 Å². The third kappa shape index (κ3) is 4.38. The van der Waals surface area contributed by atoms with Crippen molar-refractivity contribution in [3.63, 3.8) is 0 Å². The van der Waals surface area contributed by atoms with Gasteiger partial charge in [0, 0.05) is 13.1 Å². The van der Waals surface area contributed by atoms with Gasteiger partial charge in [0.15, 0.2) is 0 Å². The molecule has 4 nitrogen and oxygen atoms in total. The second-order valence-electron chi connectivity index (χ2n) is 5.57. The summed E-state index contributed by atoms with van der Waals surface area (Å²) in [5.74, 6) is 0. The summed E-state index contributed by atoms with van der Waals surface area (Å²) in [6.07, 6.45) is 4.50. The van der Waals surface area contributed by atoms with Crippen LogP contribution in [0.5, 0.6) is 0 Å². The number of allylic oxidation sites excluding steroid dienone is 1. The predicted octanol–water partition coefficient (Wildman–Crippen LogP) is 2.32. The van der Waals surface area contributed by atoms with Crippen molar-refractivity contribution in [1.82, 2.24) is 4.90 Å². The van der Waals surface area contributed by atoms with Gasteiger partial charge >= 0.3 is 6.09 Å². The van der Waals surface area contributed by atoms with Gasteiger partial charge in [-0.2, -0.15) is 0 Å². The SMILES string of the molecule is C/C=C/C1(O)CCN(C(=O)OC(C)(C)C)CC1. The molecule has 1 amide bonds. The van der Waals surface area contributed by atoms with Crippen molar-refractivity contribution in [3.8, 4) is 0 Å². The van der Waals surface area contributed by atoms with Crippen molar-refractivity contribution >= 4 is 6.09 Å². The quantitative estimate of drug-likeness (QED) is 0.717. The molecule has 1 saturated heterocycles. The summed E-state index contributed by atoms with van der Waals surface area (Å²) in [7, 11) is 0. The Hall–Kier alpha value is -1.03. The molecule has 1 N–H and O–H groups in total. The fourth-order valence-corrected chi connectivity index (χ4v) is 1.88. The fraction of sp³-hybridized carbons (Fsp3) is 0.769. The molecule has 0 bridgehead atoms. The van der Waals surface area contributed by atoms with Crippen LogP contribution in [0.4, 0.5) is 4.79 Å². The Morgan fingerprint density at radius 3 is 2.29 bits per heavy atom. The monoisotopic (exact) mass is 241 g/mol. The summed E-state index contributed by atoms with van der Waals surface area (Å²) in [5.41, 5.74) is -1.22. The van der Waals surface area contributed by atoms with Crippen molar-refractivity contribution in [1.29, 1.82) is 0 Å². The molecular weight excluding hydrogens is 218 g/mol. The first-order chi connectivity index (χ1) is 7.76. The van der Waals surface area contributed by atoms with Crippen LogP contribution in [-0.2, 0) is 4.74 Å². The number of hydrogen-bond donors (Lipinski definition) is 1. The highest BCUT2D eigenvalue weighted by molar-refractivity contribution is 5.68. The molecule has 0 aromatic rings. The molecule has 4 heteroatoms. The van der Waals surface area contributed by atoms with E-state index in [1.807, 2.05) is 33.8 Å². The molecule has 1 fully saturated rings. The maximum Gasteiger partial charge on any atom is 0.410 e. The van der Waals surface area contributed by atoms with E-state index in [4.69, 9.17) is 4.74 Å². The minimum atomic E-state index is -0.757. The first kappa shape index (κ1) is 14.0. The van der Waals surface area contributed by atoms with Crippen LogP contribution in [0.2, 0.25) is 0 Å². The van der Waals surface area contributed by atoms with E-state index < -0.39 is 11.2 Å². The molecule has 0 saturated carbocycles. The van der Waals surface area contributed by atoms with Gasteiger partial charge < -0.3 is 14.7 Å². The minimum absolute atomic E-state index is 0.292. The lowest BCUT2D eigenvalue weighted by Gasteiger charge is -2.37. The summed E-state index contributed by atoms with van der Waals surface area (Å²) in [5, 5.41) is 10.1. The molecule has 0 spiro atoms. The van der Waals surface area contributed by atoms with Gasteiger partial charge in [-0.25, -0.2) is 4.79 Å². The van der Waals surface area contributed by atoms with Crippen LogP contribution in [0.3, 0.4) is 0 Å². The topological polar surface area (TPSA) is 49.8 Å². The van der Waals surface area contributed by atoms with Crippen molar-refractivity contribution in [2.75, 3.05) is 13.1 Å². The summed E-state index contributed by atoms with van der Waals surface area (Å²) in [4.78, 5) is 13.4. The maximum atomic E-state index is 11.8. The zero-order valence-corrected chi connectivity index (χ0v) is 11.2. The van der Waals surface area contributed by atoms with Crippen LogP contribution in [0, 0.1) is 0 Å². The molecule has 1 aliphatic heterocycles. The lowest BCUT2D eigenvalue weighted by atomic mass is 9.91. The zero-order chi connectivity index (χ0) is 13.1. The molecule has 98 valence electrons. The van der Waals surface area contributed by atoms with E-state index in [-0.39, 0.29) is 6.09 Å². The van der Waals surface area contributed by atoms with E-state index in [1.54, 1.807) is 11.0 Å². The van der Waals surface area contributed by atoms with Gasteiger partial charge in [0.25, 0.3) is 0 Å². The van der Waals surface area contributed by atoms with Crippen LogP contribution in [0.25, 0.3) is 0 Å². The average molecular weight is 241 g/mol. The van der Waals surface area contributed by atoms with Gasteiger partial charge in [-0.05, 0) is 40.5 Å². The predicted molar refractivity (Wildman–Crippen MR) is 66.8 cm³/mol. The van der Waals surface area contributed by atoms with Crippen molar-refractivity contribution < 1.29 is 14.6 Å². The number of ether oxygens (including phenoxy) is 1. The Morgan fingerprint density at radius 1 is 1.35 bits per heavy atom. The lowest BCUT2D eigenvalue weighted by Crippen LogP contribution is -2.47. The Morgan fingerprint density at radius 2 is 1.88 bits per heavy atom. The number of likely N-dealkylation sites (tertiary alicyclic amines) is 1. The number of rotatable bonds is 1. The van der Waals surface area contributed by atoms with Crippen LogP contribution in [-0.4, -0.2) is 40.4 Å². The van der Waals surface area contributed by atoms with Gasteiger partial charge in [-0.3, -0.25) is 0 Å². The smallest absolute Gasteiger partial charge is 0.410 e. The molecule has 0 unspecified atom stereocenters. The molecule has 0 aliphatic carbocycles. The van der Waals surface area contributed by atoms with Crippen molar-refractivity contribution in [2.24, 2.45) is 0 Å². The standard InChI is InChI=1S/C13H23NO3/c1-5-6-13(16)7-9-14(10-8-13)11(15)17-12(2,3)4/h5-6,16H,7-10H2,1-4H3/b6-5+. The van der Waals surface area contributed by atoms with Crippen molar-refractivity contribution in [3.05, 3.63) is 12.2 Å². The van der Waals surface area contributed by atoms with Gasteiger partial charge in [-0.15, -0.1) is 0 Å². The number of carbonyl (C=O) groups is 1. The summed E-state index contributed by atoms with van der Waals surface area (Å²) >= 11 is 0. The Kier molecular flexibility index (Phi) is 4.20. The number of nitrogens with zero attached hydrogens (tertiary/aromatic N) is 1. The van der Waals surface area contributed by atoms with Gasteiger partial charge in [0.2, 0.25) is 0 Å². The van der Waals surface area contributed by atoms with Gasteiger partial charge in [0.05, 0.1) is 5.60 Å². The number of hydrogen-bond acceptors (Lipinski definition) is 3. The molecule has 1 rings (SSSR count). The minimum Gasteiger partial charge on any atom is -0.444 e. The molecule has 1 aliphatic rings.